The highest BCUT2D eigenvalue weighted by atomic mass is 15.4. The van der Waals surface area contributed by atoms with Crippen molar-refractivity contribution >= 4 is 16.9 Å². The Morgan fingerprint density at radius 2 is 1.88 bits per heavy atom. The van der Waals surface area contributed by atoms with Gasteiger partial charge >= 0.3 is 0 Å². The summed E-state index contributed by atoms with van der Waals surface area (Å²) >= 11 is 0. The third kappa shape index (κ3) is 2.80. The molecule has 2 N–H and O–H groups in total. The number of benzene rings is 1. The molecular formula is C17H14N8. The Morgan fingerprint density at radius 3 is 2.72 bits per heavy atom. The van der Waals surface area contributed by atoms with E-state index in [1.807, 2.05) is 30.3 Å². The summed E-state index contributed by atoms with van der Waals surface area (Å²) in [6.07, 6.45) is 3.28. The van der Waals surface area contributed by atoms with Gasteiger partial charge in [0.2, 0.25) is 0 Å². The normalized spacial score (nSPS) is 10.9. The number of fused-ring (bicyclic) bond motifs is 1. The smallest absolute Gasteiger partial charge is 0.148 e. The van der Waals surface area contributed by atoms with E-state index < -0.39 is 0 Å². The summed E-state index contributed by atoms with van der Waals surface area (Å²) in [6, 6.07) is 14.9. The van der Waals surface area contributed by atoms with Gasteiger partial charge in [-0.15, -0.1) is 5.10 Å². The lowest BCUT2D eigenvalue weighted by Crippen LogP contribution is -2.32. The summed E-state index contributed by atoms with van der Waals surface area (Å²) in [5.41, 5.74) is 3.22. The van der Waals surface area contributed by atoms with Crippen LogP contribution in [0.2, 0.25) is 0 Å². The fourth-order valence-electron chi connectivity index (χ4n) is 2.54. The number of pyridine rings is 1. The van der Waals surface area contributed by atoms with Gasteiger partial charge < -0.3 is 0 Å². The molecule has 0 radical (unpaired) electrons. The van der Waals surface area contributed by atoms with E-state index in [9.17, 15) is 0 Å². The minimum Gasteiger partial charge on any atom is -0.285 e. The van der Waals surface area contributed by atoms with E-state index >= 15 is 0 Å². The highest BCUT2D eigenvalue weighted by Gasteiger charge is 2.10. The van der Waals surface area contributed by atoms with Crippen molar-refractivity contribution in [3.05, 3.63) is 66.4 Å². The van der Waals surface area contributed by atoms with Crippen LogP contribution in [0.15, 0.2) is 60.9 Å². The first-order valence-electron chi connectivity index (χ1n) is 7.64. The first-order chi connectivity index (χ1) is 12.2. The van der Waals surface area contributed by atoms with Crippen LogP contribution in [0.4, 0.5) is 0 Å². The van der Waals surface area contributed by atoms with Gasteiger partial charge in [0.1, 0.15) is 23.4 Å². The molecule has 0 unspecified atom stereocenters. The van der Waals surface area contributed by atoms with Crippen LogP contribution in [0, 0.1) is 10.8 Å². The van der Waals surface area contributed by atoms with E-state index in [0.717, 1.165) is 11.1 Å². The van der Waals surface area contributed by atoms with Gasteiger partial charge in [0.15, 0.2) is 0 Å². The van der Waals surface area contributed by atoms with Crippen LogP contribution in [0.3, 0.4) is 0 Å². The molecular weight excluding hydrogens is 316 g/mol. The third-order valence-electron chi connectivity index (χ3n) is 3.78. The van der Waals surface area contributed by atoms with Crippen molar-refractivity contribution in [3.8, 4) is 11.3 Å². The molecule has 0 aliphatic carbocycles. The lowest BCUT2D eigenvalue weighted by atomic mass is 10.1. The second kappa shape index (κ2) is 6.08. The van der Waals surface area contributed by atoms with E-state index in [1.165, 1.54) is 4.68 Å². The van der Waals surface area contributed by atoms with Crippen LogP contribution < -0.4 is 5.49 Å². The summed E-state index contributed by atoms with van der Waals surface area (Å²) in [7, 11) is 0. The molecule has 1 aromatic carbocycles. The van der Waals surface area contributed by atoms with Crippen LogP contribution in [-0.2, 0) is 6.54 Å². The number of rotatable bonds is 3. The number of nitrogens with one attached hydrogen (secondary N) is 2. The van der Waals surface area contributed by atoms with Crippen LogP contribution >= 0.6 is 0 Å². The Morgan fingerprint density at radius 1 is 1.04 bits per heavy atom. The predicted molar refractivity (Wildman–Crippen MR) is 92.0 cm³/mol. The lowest BCUT2D eigenvalue weighted by molar-refractivity contribution is 0.668. The van der Waals surface area contributed by atoms with Gasteiger partial charge in [0.25, 0.3) is 0 Å². The Balaban J connectivity index is 1.69. The molecule has 122 valence electrons. The molecule has 0 saturated carbocycles. The average Bonchev–Trinajstić information content (AvgIpc) is 3.06. The van der Waals surface area contributed by atoms with Gasteiger partial charge in [0, 0.05) is 11.8 Å². The predicted octanol–water partition coefficient (Wildman–Crippen LogP) is 1.69. The van der Waals surface area contributed by atoms with Crippen molar-refractivity contribution in [1.29, 1.82) is 10.8 Å². The zero-order chi connectivity index (χ0) is 17.2. The highest BCUT2D eigenvalue weighted by molar-refractivity contribution is 5.82. The summed E-state index contributed by atoms with van der Waals surface area (Å²) < 4.78 is 2.90. The van der Waals surface area contributed by atoms with Crippen molar-refractivity contribution in [2.45, 2.75) is 6.54 Å². The van der Waals surface area contributed by atoms with E-state index in [-0.39, 0.29) is 17.9 Å². The molecule has 0 saturated heterocycles. The largest absolute Gasteiger partial charge is 0.285 e. The minimum atomic E-state index is 0.131. The molecule has 4 rings (SSSR count). The minimum absolute atomic E-state index is 0.131. The maximum absolute atomic E-state index is 8.36. The molecule has 3 heterocycles. The summed E-state index contributed by atoms with van der Waals surface area (Å²) in [6.45, 7) is 0.155. The van der Waals surface area contributed by atoms with Crippen LogP contribution in [0.25, 0.3) is 22.3 Å². The zero-order valence-electron chi connectivity index (χ0n) is 13.2. The number of aromatic nitrogens is 6. The average molecular weight is 330 g/mol. The van der Waals surface area contributed by atoms with Gasteiger partial charge in [-0.3, -0.25) is 15.8 Å². The topological polar surface area (TPSA) is 109 Å². The van der Waals surface area contributed by atoms with Crippen LogP contribution in [-0.4, -0.2) is 35.6 Å². The van der Waals surface area contributed by atoms with Gasteiger partial charge in [-0.2, -0.15) is 9.78 Å². The summed E-state index contributed by atoms with van der Waals surface area (Å²) in [4.78, 5) is 4.01. The molecule has 0 aliphatic heterocycles. The van der Waals surface area contributed by atoms with E-state index in [1.54, 1.807) is 35.3 Å². The molecule has 4 aromatic rings. The van der Waals surface area contributed by atoms with E-state index in [0.29, 0.717) is 11.2 Å². The van der Waals surface area contributed by atoms with E-state index in [4.69, 9.17) is 10.8 Å². The fourth-order valence-corrected chi connectivity index (χ4v) is 2.54. The SMILES string of the molecule is N=C(Cn1nnc2cnccc21)n1nc(-c2ccccc2)ccc1=N. The molecule has 0 fully saturated rings. The molecule has 25 heavy (non-hydrogen) atoms. The molecule has 0 amide bonds. The monoisotopic (exact) mass is 330 g/mol. The Kier molecular flexibility index (Phi) is 3.62. The molecule has 0 bridgehead atoms. The molecule has 8 nitrogen and oxygen atoms in total. The van der Waals surface area contributed by atoms with Crippen molar-refractivity contribution in [1.82, 2.24) is 29.8 Å². The molecule has 3 aromatic heterocycles. The zero-order valence-corrected chi connectivity index (χ0v) is 13.2. The third-order valence-corrected chi connectivity index (χ3v) is 3.78. The van der Waals surface area contributed by atoms with Crippen LogP contribution in [0.5, 0.6) is 0 Å². The molecule has 0 atom stereocenters. The van der Waals surface area contributed by atoms with E-state index in [2.05, 4.69) is 20.4 Å². The molecule has 8 heteroatoms. The number of hydrogen-bond donors (Lipinski definition) is 2. The number of hydrogen-bond acceptors (Lipinski definition) is 6. The first-order valence-corrected chi connectivity index (χ1v) is 7.64. The quantitative estimate of drug-likeness (QED) is 0.440. The van der Waals surface area contributed by atoms with Gasteiger partial charge in [-0.05, 0) is 18.2 Å². The Hall–Kier alpha value is -3.68. The Labute approximate surface area is 142 Å². The highest BCUT2D eigenvalue weighted by Crippen LogP contribution is 2.14. The van der Waals surface area contributed by atoms with Gasteiger partial charge in [-0.1, -0.05) is 35.5 Å². The second-order valence-electron chi connectivity index (χ2n) is 5.44. The van der Waals surface area contributed by atoms with Crippen LogP contribution in [0.1, 0.15) is 0 Å². The maximum Gasteiger partial charge on any atom is 0.148 e. The first kappa shape index (κ1) is 14.9. The molecule has 0 aliphatic rings. The van der Waals surface area contributed by atoms with Crippen molar-refractivity contribution in [3.63, 3.8) is 0 Å². The van der Waals surface area contributed by atoms with Gasteiger partial charge in [-0.25, -0.2) is 4.68 Å². The maximum atomic E-state index is 8.36. The fraction of sp³-hybridized carbons (Fsp3) is 0.0588. The van der Waals surface area contributed by atoms with Crippen molar-refractivity contribution < 1.29 is 0 Å². The number of nitrogens with zero attached hydrogens (tertiary/aromatic N) is 6. The second-order valence-corrected chi connectivity index (χ2v) is 5.44. The van der Waals surface area contributed by atoms with Crippen molar-refractivity contribution in [2.75, 3.05) is 0 Å². The molecule has 0 spiro atoms. The summed E-state index contributed by atoms with van der Waals surface area (Å²) in [5, 5.41) is 28.9. The standard InChI is InChI=1S/C17H14N8/c18-16-7-6-13(12-4-2-1-3-5-12)22-25(16)17(19)11-24-15-8-9-20-10-14(15)21-23-24/h1-10,18-19H,11H2. The lowest BCUT2D eigenvalue weighted by Gasteiger charge is -2.10. The van der Waals surface area contributed by atoms with Crippen molar-refractivity contribution in [2.24, 2.45) is 0 Å². The van der Waals surface area contributed by atoms with Gasteiger partial charge in [0.05, 0.1) is 17.4 Å². The summed E-state index contributed by atoms with van der Waals surface area (Å²) in [5.74, 6) is 0.131. The Bertz CT molecular complexity index is 1110.